The summed E-state index contributed by atoms with van der Waals surface area (Å²) >= 11 is 1.57. The maximum Gasteiger partial charge on any atom is 0.216 e. The van der Waals surface area contributed by atoms with Crippen LogP contribution in [0, 0.1) is 6.92 Å². The van der Waals surface area contributed by atoms with Crippen molar-refractivity contribution in [3.8, 4) is 11.4 Å². The van der Waals surface area contributed by atoms with E-state index in [4.69, 9.17) is 5.73 Å². The number of fused-ring (bicyclic) bond motifs is 1. The van der Waals surface area contributed by atoms with Crippen LogP contribution in [0.3, 0.4) is 0 Å². The highest BCUT2D eigenvalue weighted by molar-refractivity contribution is 7.15. The van der Waals surface area contributed by atoms with Gasteiger partial charge in [-0.25, -0.2) is 0 Å². The van der Waals surface area contributed by atoms with Gasteiger partial charge in [-0.2, -0.15) is 0 Å². The highest BCUT2D eigenvalue weighted by Crippen LogP contribution is 2.23. The van der Waals surface area contributed by atoms with Crippen LogP contribution in [0.5, 0.6) is 0 Å². The number of hydrogen-bond donors (Lipinski definition) is 1. The third-order valence-corrected chi connectivity index (χ3v) is 3.60. The zero-order valence-electron chi connectivity index (χ0n) is 9.42. The fourth-order valence-corrected chi connectivity index (χ4v) is 2.65. The van der Waals surface area contributed by atoms with Crippen molar-refractivity contribution in [3.05, 3.63) is 40.9 Å². The molecule has 0 radical (unpaired) electrons. The first kappa shape index (κ1) is 10.4. The quantitative estimate of drug-likeness (QED) is 0.752. The smallest absolute Gasteiger partial charge is 0.216 e. The van der Waals surface area contributed by atoms with E-state index in [1.54, 1.807) is 11.3 Å². The summed E-state index contributed by atoms with van der Waals surface area (Å²) < 4.78 is 2.02. The van der Waals surface area contributed by atoms with Crippen molar-refractivity contribution < 1.29 is 0 Å². The summed E-state index contributed by atoms with van der Waals surface area (Å²) in [6.45, 7) is 2.57. The van der Waals surface area contributed by atoms with E-state index in [2.05, 4.69) is 41.4 Å². The number of nitrogens with two attached hydrogens (primary N) is 1. The highest BCUT2D eigenvalue weighted by atomic mass is 32.1. The fourth-order valence-electron chi connectivity index (χ4n) is 1.81. The molecule has 5 heteroatoms. The van der Waals surface area contributed by atoms with Crippen molar-refractivity contribution in [2.24, 2.45) is 5.73 Å². The average Bonchev–Trinajstić information content (AvgIpc) is 2.91. The van der Waals surface area contributed by atoms with Gasteiger partial charge in [-0.1, -0.05) is 29.8 Å². The molecule has 0 unspecified atom stereocenters. The normalized spacial score (nSPS) is 11.2. The first-order valence-corrected chi connectivity index (χ1v) is 6.26. The molecule has 0 bridgehead atoms. The second kappa shape index (κ2) is 3.94. The van der Waals surface area contributed by atoms with Gasteiger partial charge in [0.25, 0.3) is 0 Å². The van der Waals surface area contributed by atoms with Gasteiger partial charge in [0.05, 0.1) is 5.69 Å². The summed E-state index contributed by atoms with van der Waals surface area (Å²) in [5, 5.41) is 10.4. The molecule has 1 aromatic carbocycles. The van der Waals surface area contributed by atoms with Gasteiger partial charge in [-0.05, 0) is 6.92 Å². The number of nitrogens with zero attached hydrogens (tertiary/aromatic N) is 3. The van der Waals surface area contributed by atoms with E-state index >= 15 is 0 Å². The van der Waals surface area contributed by atoms with E-state index in [9.17, 15) is 0 Å². The van der Waals surface area contributed by atoms with Crippen LogP contribution in [0.2, 0.25) is 0 Å². The molecular formula is C12H12N4S. The van der Waals surface area contributed by atoms with E-state index in [0.717, 1.165) is 22.0 Å². The topological polar surface area (TPSA) is 56.2 Å². The Morgan fingerprint density at radius 3 is 2.71 bits per heavy atom. The van der Waals surface area contributed by atoms with Crippen LogP contribution in [0.4, 0.5) is 0 Å². The fraction of sp³-hybridized carbons (Fsp3) is 0.167. The number of thiazole rings is 1. The van der Waals surface area contributed by atoms with Gasteiger partial charge in [0.15, 0.2) is 5.82 Å². The van der Waals surface area contributed by atoms with Gasteiger partial charge in [0.1, 0.15) is 0 Å². The lowest BCUT2D eigenvalue weighted by atomic mass is 10.1. The van der Waals surface area contributed by atoms with Crippen LogP contribution in [-0.2, 0) is 6.54 Å². The molecule has 0 amide bonds. The Morgan fingerprint density at radius 2 is 2.00 bits per heavy atom. The van der Waals surface area contributed by atoms with Gasteiger partial charge in [0, 0.05) is 17.5 Å². The first-order chi connectivity index (χ1) is 8.29. The zero-order chi connectivity index (χ0) is 11.8. The van der Waals surface area contributed by atoms with E-state index < -0.39 is 0 Å². The van der Waals surface area contributed by atoms with Crippen molar-refractivity contribution in [2.45, 2.75) is 13.5 Å². The maximum absolute atomic E-state index is 5.72. The summed E-state index contributed by atoms with van der Waals surface area (Å²) in [5.74, 6) is 0.863. The number of rotatable bonds is 2. The minimum Gasteiger partial charge on any atom is -0.325 e. The second-order valence-electron chi connectivity index (χ2n) is 3.94. The third kappa shape index (κ3) is 1.64. The first-order valence-electron chi connectivity index (χ1n) is 5.38. The molecule has 0 saturated carbocycles. The minimum atomic E-state index is 0.497. The largest absolute Gasteiger partial charge is 0.325 e. The zero-order valence-corrected chi connectivity index (χ0v) is 10.2. The van der Waals surface area contributed by atoms with Crippen molar-refractivity contribution in [1.82, 2.24) is 14.6 Å². The summed E-state index contributed by atoms with van der Waals surface area (Å²) in [6, 6.07) is 8.27. The standard InChI is InChI=1S/C12H12N4S/c1-8-2-4-9(5-3-8)11-14-15-12-16(11)10(6-13)7-17-12/h2-5,7H,6,13H2,1H3. The van der Waals surface area contributed by atoms with Crippen LogP contribution in [0.1, 0.15) is 11.3 Å². The van der Waals surface area contributed by atoms with E-state index in [-0.39, 0.29) is 0 Å². The van der Waals surface area contributed by atoms with Crippen molar-refractivity contribution in [3.63, 3.8) is 0 Å². The van der Waals surface area contributed by atoms with Gasteiger partial charge in [-0.15, -0.1) is 21.5 Å². The molecule has 3 rings (SSSR count). The van der Waals surface area contributed by atoms with E-state index in [1.165, 1.54) is 5.56 Å². The van der Waals surface area contributed by atoms with Crippen molar-refractivity contribution >= 4 is 16.3 Å². The molecule has 2 N–H and O–H groups in total. The lowest BCUT2D eigenvalue weighted by Crippen LogP contribution is -2.01. The Balaban J connectivity index is 2.22. The molecule has 4 nitrogen and oxygen atoms in total. The molecule has 86 valence electrons. The Kier molecular flexibility index (Phi) is 2.42. The minimum absolute atomic E-state index is 0.497. The number of hydrogen-bond acceptors (Lipinski definition) is 4. The van der Waals surface area contributed by atoms with Crippen LogP contribution in [-0.4, -0.2) is 14.6 Å². The highest BCUT2D eigenvalue weighted by Gasteiger charge is 2.12. The number of aromatic nitrogens is 3. The summed E-state index contributed by atoms with van der Waals surface area (Å²) in [5.41, 5.74) is 9.07. The molecule has 0 fully saturated rings. The molecule has 17 heavy (non-hydrogen) atoms. The third-order valence-electron chi connectivity index (χ3n) is 2.74. The van der Waals surface area contributed by atoms with Crippen LogP contribution in [0.25, 0.3) is 16.3 Å². The Labute approximate surface area is 103 Å². The predicted octanol–water partition coefficient (Wildman–Crippen LogP) is 2.22. The van der Waals surface area contributed by atoms with E-state index in [0.29, 0.717) is 6.54 Å². The van der Waals surface area contributed by atoms with E-state index in [1.807, 2.05) is 9.78 Å². The summed E-state index contributed by atoms with van der Waals surface area (Å²) in [4.78, 5) is 0.890. The predicted molar refractivity (Wildman–Crippen MR) is 68.9 cm³/mol. The van der Waals surface area contributed by atoms with Crippen LogP contribution >= 0.6 is 11.3 Å². The summed E-state index contributed by atoms with van der Waals surface area (Å²) in [7, 11) is 0. The van der Waals surface area contributed by atoms with Crippen LogP contribution < -0.4 is 5.73 Å². The Hall–Kier alpha value is -1.72. The Bertz CT molecular complexity index is 651. The molecule has 0 saturated heterocycles. The van der Waals surface area contributed by atoms with Gasteiger partial charge >= 0.3 is 0 Å². The lowest BCUT2D eigenvalue weighted by Gasteiger charge is -2.01. The molecule has 2 heterocycles. The Morgan fingerprint density at radius 1 is 1.24 bits per heavy atom. The maximum atomic E-state index is 5.72. The molecule has 0 aliphatic rings. The molecule has 0 aliphatic carbocycles. The average molecular weight is 244 g/mol. The molecule has 2 aromatic heterocycles. The van der Waals surface area contributed by atoms with Gasteiger partial charge in [-0.3, -0.25) is 4.40 Å². The second-order valence-corrected chi connectivity index (χ2v) is 4.78. The van der Waals surface area contributed by atoms with Gasteiger partial charge in [0.2, 0.25) is 4.96 Å². The molecule has 0 spiro atoms. The van der Waals surface area contributed by atoms with Crippen molar-refractivity contribution in [2.75, 3.05) is 0 Å². The number of aryl methyl sites for hydroxylation is 1. The molecule has 0 aliphatic heterocycles. The molecule has 0 atom stereocenters. The van der Waals surface area contributed by atoms with Gasteiger partial charge < -0.3 is 5.73 Å². The summed E-state index contributed by atoms with van der Waals surface area (Å²) in [6.07, 6.45) is 0. The monoisotopic (exact) mass is 244 g/mol. The SMILES string of the molecule is Cc1ccc(-c2nnc3scc(CN)n23)cc1. The molecular weight excluding hydrogens is 232 g/mol. The van der Waals surface area contributed by atoms with Crippen LogP contribution in [0.15, 0.2) is 29.6 Å². The number of benzene rings is 1. The lowest BCUT2D eigenvalue weighted by molar-refractivity contribution is 0.962. The van der Waals surface area contributed by atoms with Crippen molar-refractivity contribution in [1.29, 1.82) is 0 Å². The molecule has 3 aromatic rings.